The van der Waals surface area contributed by atoms with E-state index in [-0.39, 0.29) is 24.7 Å². The van der Waals surface area contributed by atoms with Crippen LogP contribution in [-0.2, 0) is 14.3 Å². The Morgan fingerprint density at radius 3 is 2.88 bits per heavy atom. The third-order valence-corrected chi connectivity index (χ3v) is 2.54. The van der Waals surface area contributed by atoms with E-state index in [4.69, 9.17) is 9.47 Å². The van der Waals surface area contributed by atoms with E-state index >= 15 is 0 Å². The van der Waals surface area contributed by atoms with Gasteiger partial charge in [-0.2, -0.15) is 0 Å². The monoisotopic (exact) mass is 231 g/mol. The molecule has 16 heavy (non-hydrogen) atoms. The molecule has 3 atom stereocenters. The van der Waals surface area contributed by atoms with Gasteiger partial charge >= 0.3 is 0 Å². The molecule has 1 aliphatic heterocycles. The van der Waals surface area contributed by atoms with Crippen molar-refractivity contribution in [2.24, 2.45) is 0 Å². The van der Waals surface area contributed by atoms with E-state index in [2.05, 4.69) is 5.32 Å². The number of carbonyl (C=O) groups excluding carboxylic acids is 1. The van der Waals surface area contributed by atoms with Gasteiger partial charge in [0.05, 0.1) is 19.3 Å². The molecule has 0 bridgehead atoms. The zero-order valence-electron chi connectivity index (χ0n) is 9.94. The van der Waals surface area contributed by atoms with Gasteiger partial charge in [0.25, 0.3) is 0 Å². The Labute approximate surface area is 96.1 Å². The van der Waals surface area contributed by atoms with Crippen molar-refractivity contribution in [3.8, 4) is 0 Å². The largest absolute Gasteiger partial charge is 0.388 e. The lowest BCUT2D eigenvalue weighted by Crippen LogP contribution is -2.56. The SMILES string of the molecule is CCCO[C@@H]1C(NC(=O)CC)COC[C@@H]1O. The first kappa shape index (κ1) is 13.4. The molecule has 0 aromatic carbocycles. The minimum Gasteiger partial charge on any atom is -0.388 e. The van der Waals surface area contributed by atoms with Crippen molar-refractivity contribution in [1.82, 2.24) is 5.32 Å². The molecule has 0 saturated carbocycles. The van der Waals surface area contributed by atoms with Crippen molar-refractivity contribution >= 4 is 5.91 Å². The molecule has 1 saturated heterocycles. The summed E-state index contributed by atoms with van der Waals surface area (Å²) in [5.41, 5.74) is 0. The number of nitrogens with one attached hydrogen (secondary N) is 1. The van der Waals surface area contributed by atoms with Gasteiger partial charge in [-0.05, 0) is 6.42 Å². The van der Waals surface area contributed by atoms with Gasteiger partial charge in [0.2, 0.25) is 5.91 Å². The number of rotatable bonds is 5. The molecule has 0 radical (unpaired) electrons. The van der Waals surface area contributed by atoms with Crippen LogP contribution >= 0.6 is 0 Å². The second-order valence-electron chi connectivity index (χ2n) is 3.97. The standard InChI is InChI=1S/C11H21NO4/c1-3-5-16-11-8(12-10(14)4-2)6-15-7-9(11)13/h8-9,11,13H,3-7H2,1-2H3,(H,12,14)/t8?,9-,11+/m0/s1. The predicted octanol–water partition coefficient (Wildman–Crippen LogP) is 0.0675. The van der Waals surface area contributed by atoms with Crippen molar-refractivity contribution in [1.29, 1.82) is 0 Å². The molecule has 1 amide bonds. The average molecular weight is 231 g/mol. The van der Waals surface area contributed by atoms with Gasteiger partial charge in [0.15, 0.2) is 0 Å². The van der Waals surface area contributed by atoms with Gasteiger partial charge < -0.3 is 19.9 Å². The third-order valence-electron chi connectivity index (χ3n) is 2.54. The van der Waals surface area contributed by atoms with E-state index in [1.807, 2.05) is 6.92 Å². The Kier molecular flexibility index (Phi) is 5.73. The van der Waals surface area contributed by atoms with E-state index in [9.17, 15) is 9.90 Å². The van der Waals surface area contributed by atoms with Gasteiger partial charge in [0, 0.05) is 13.0 Å². The maximum absolute atomic E-state index is 11.3. The first-order chi connectivity index (χ1) is 7.69. The lowest BCUT2D eigenvalue weighted by Gasteiger charge is -2.35. The molecule has 2 N–H and O–H groups in total. The van der Waals surface area contributed by atoms with Gasteiger partial charge in [-0.3, -0.25) is 4.79 Å². The second-order valence-corrected chi connectivity index (χ2v) is 3.97. The lowest BCUT2D eigenvalue weighted by atomic mass is 10.0. The van der Waals surface area contributed by atoms with Gasteiger partial charge in [-0.15, -0.1) is 0 Å². The summed E-state index contributed by atoms with van der Waals surface area (Å²) in [5, 5.41) is 12.6. The number of aliphatic hydroxyl groups is 1. The van der Waals surface area contributed by atoms with Crippen LogP contribution in [0.4, 0.5) is 0 Å². The van der Waals surface area contributed by atoms with Crippen LogP contribution < -0.4 is 5.32 Å². The first-order valence-electron chi connectivity index (χ1n) is 5.85. The Balaban J connectivity index is 2.52. The van der Waals surface area contributed by atoms with Crippen LogP contribution in [0.1, 0.15) is 26.7 Å². The summed E-state index contributed by atoms with van der Waals surface area (Å²) in [4.78, 5) is 11.3. The van der Waals surface area contributed by atoms with Crippen LogP contribution in [-0.4, -0.2) is 49.1 Å². The topological polar surface area (TPSA) is 67.8 Å². The summed E-state index contributed by atoms with van der Waals surface area (Å²) in [7, 11) is 0. The molecule has 1 heterocycles. The number of amides is 1. The Morgan fingerprint density at radius 1 is 1.50 bits per heavy atom. The normalized spacial score (nSPS) is 30.1. The quantitative estimate of drug-likeness (QED) is 0.702. The Hall–Kier alpha value is -0.650. The zero-order valence-corrected chi connectivity index (χ0v) is 9.94. The van der Waals surface area contributed by atoms with Crippen LogP contribution in [0.15, 0.2) is 0 Å². The van der Waals surface area contributed by atoms with Crippen LogP contribution in [0, 0.1) is 0 Å². The molecule has 94 valence electrons. The van der Waals surface area contributed by atoms with Gasteiger partial charge in [0.1, 0.15) is 12.2 Å². The number of hydrogen-bond donors (Lipinski definition) is 2. The molecule has 0 aromatic rings. The summed E-state index contributed by atoms with van der Waals surface area (Å²) in [5.74, 6) is -0.0483. The molecule has 5 nitrogen and oxygen atoms in total. The van der Waals surface area contributed by atoms with Gasteiger partial charge in [-0.25, -0.2) is 0 Å². The van der Waals surface area contributed by atoms with E-state index < -0.39 is 6.10 Å². The van der Waals surface area contributed by atoms with Crippen molar-refractivity contribution in [2.75, 3.05) is 19.8 Å². The molecule has 1 aliphatic rings. The average Bonchev–Trinajstić information content (AvgIpc) is 2.28. The van der Waals surface area contributed by atoms with Crippen LogP contribution in [0.3, 0.4) is 0 Å². The number of hydrogen-bond acceptors (Lipinski definition) is 4. The smallest absolute Gasteiger partial charge is 0.220 e. The van der Waals surface area contributed by atoms with E-state index in [1.54, 1.807) is 6.92 Å². The summed E-state index contributed by atoms with van der Waals surface area (Å²) < 4.78 is 10.8. The first-order valence-corrected chi connectivity index (χ1v) is 5.85. The maximum Gasteiger partial charge on any atom is 0.220 e. The fourth-order valence-electron chi connectivity index (χ4n) is 1.69. The predicted molar refractivity (Wildman–Crippen MR) is 59.1 cm³/mol. The van der Waals surface area contributed by atoms with Crippen LogP contribution in [0.5, 0.6) is 0 Å². The zero-order chi connectivity index (χ0) is 12.0. The summed E-state index contributed by atoms with van der Waals surface area (Å²) in [6.07, 6.45) is 0.290. The van der Waals surface area contributed by atoms with Gasteiger partial charge in [-0.1, -0.05) is 13.8 Å². The molecular formula is C11H21NO4. The van der Waals surface area contributed by atoms with E-state index in [1.165, 1.54) is 0 Å². The lowest BCUT2D eigenvalue weighted by molar-refractivity contribution is -0.142. The van der Waals surface area contributed by atoms with E-state index in [0.29, 0.717) is 19.6 Å². The van der Waals surface area contributed by atoms with Crippen molar-refractivity contribution in [3.63, 3.8) is 0 Å². The molecule has 0 aromatic heterocycles. The fraction of sp³-hybridized carbons (Fsp3) is 0.909. The summed E-state index contributed by atoms with van der Waals surface area (Å²) in [6, 6.07) is -0.247. The fourth-order valence-corrected chi connectivity index (χ4v) is 1.69. The molecule has 0 aliphatic carbocycles. The third kappa shape index (κ3) is 3.73. The number of aliphatic hydroxyl groups excluding tert-OH is 1. The number of ether oxygens (including phenoxy) is 2. The summed E-state index contributed by atoms with van der Waals surface area (Å²) >= 11 is 0. The molecule has 1 fully saturated rings. The van der Waals surface area contributed by atoms with Crippen LogP contribution in [0.2, 0.25) is 0 Å². The highest BCUT2D eigenvalue weighted by atomic mass is 16.5. The second kappa shape index (κ2) is 6.83. The number of carbonyl (C=O) groups is 1. The summed E-state index contributed by atoms with van der Waals surface area (Å²) in [6.45, 7) is 5.05. The van der Waals surface area contributed by atoms with Crippen molar-refractivity contribution in [2.45, 2.75) is 44.9 Å². The van der Waals surface area contributed by atoms with Crippen molar-refractivity contribution in [3.05, 3.63) is 0 Å². The highest BCUT2D eigenvalue weighted by Gasteiger charge is 2.34. The molecule has 5 heteroatoms. The molecule has 1 unspecified atom stereocenters. The Bertz CT molecular complexity index is 222. The minimum absolute atomic E-state index is 0.0483. The maximum atomic E-state index is 11.3. The highest BCUT2D eigenvalue weighted by molar-refractivity contribution is 5.75. The molecule has 0 spiro atoms. The molecular weight excluding hydrogens is 210 g/mol. The molecule has 1 rings (SSSR count). The minimum atomic E-state index is -0.664. The van der Waals surface area contributed by atoms with Crippen LogP contribution in [0.25, 0.3) is 0 Å². The Morgan fingerprint density at radius 2 is 2.25 bits per heavy atom. The highest BCUT2D eigenvalue weighted by Crippen LogP contribution is 2.13. The van der Waals surface area contributed by atoms with Crippen molar-refractivity contribution < 1.29 is 19.4 Å². The van der Waals surface area contributed by atoms with E-state index in [0.717, 1.165) is 6.42 Å².